The molecule has 19 heavy (non-hydrogen) atoms. The molecule has 0 aliphatic rings. The van der Waals surface area contributed by atoms with Gasteiger partial charge in [-0.2, -0.15) is 0 Å². The standard InChI is InChI=1S/C15H14ClF2N/c1-8-3-4-10(6-12(8)16)15(19)11-5-9(2)13(17)7-14(11)18/h3-7,15H,19H2,1-2H3. The molecule has 1 unspecified atom stereocenters. The van der Waals surface area contributed by atoms with Crippen LogP contribution in [0.15, 0.2) is 30.3 Å². The third kappa shape index (κ3) is 2.77. The van der Waals surface area contributed by atoms with E-state index < -0.39 is 17.7 Å². The van der Waals surface area contributed by atoms with Crippen LogP contribution in [-0.4, -0.2) is 0 Å². The second-order valence-corrected chi connectivity index (χ2v) is 5.02. The van der Waals surface area contributed by atoms with Crippen LogP contribution in [0.25, 0.3) is 0 Å². The first-order valence-electron chi connectivity index (χ1n) is 5.87. The van der Waals surface area contributed by atoms with Gasteiger partial charge in [-0.15, -0.1) is 0 Å². The van der Waals surface area contributed by atoms with Gasteiger partial charge in [-0.1, -0.05) is 23.7 Å². The molecule has 0 spiro atoms. The molecule has 2 aromatic carbocycles. The predicted molar refractivity (Wildman–Crippen MR) is 73.3 cm³/mol. The quantitative estimate of drug-likeness (QED) is 0.873. The van der Waals surface area contributed by atoms with Crippen molar-refractivity contribution in [1.82, 2.24) is 0 Å². The lowest BCUT2D eigenvalue weighted by molar-refractivity contribution is 0.561. The monoisotopic (exact) mass is 281 g/mol. The van der Waals surface area contributed by atoms with Crippen LogP contribution in [-0.2, 0) is 0 Å². The minimum absolute atomic E-state index is 0.263. The molecule has 100 valence electrons. The van der Waals surface area contributed by atoms with Gasteiger partial charge in [0.2, 0.25) is 0 Å². The van der Waals surface area contributed by atoms with Crippen LogP contribution < -0.4 is 5.73 Å². The van der Waals surface area contributed by atoms with Crippen LogP contribution in [0.3, 0.4) is 0 Å². The van der Waals surface area contributed by atoms with Crippen LogP contribution in [0.4, 0.5) is 8.78 Å². The van der Waals surface area contributed by atoms with E-state index in [9.17, 15) is 8.78 Å². The van der Waals surface area contributed by atoms with Crippen molar-refractivity contribution in [2.75, 3.05) is 0 Å². The molecule has 0 aliphatic heterocycles. The number of benzene rings is 2. The Morgan fingerprint density at radius 2 is 1.68 bits per heavy atom. The summed E-state index contributed by atoms with van der Waals surface area (Å²) in [5.74, 6) is -1.22. The number of hydrogen-bond donors (Lipinski definition) is 1. The fourth-order valence-electron chi connectivity index (χ4n) is 1.90. The SMILES string of the molecule is Cc1cc(C(N)c2ccc(C)c(Cl)c2)c(F)cc1F. The number of halogens is 3. The largest absolute Gasteiger partial charge is 0.320 e. The molecular formula is C15H14ClF2N. The van der Waals surface area contributed by atoms with Gasteiger partial charge in [0.15, 0.2) is 0 Å². The Morgan fingerprint density at radius 3 is 2.32 bits per heavy atom. The lowest BCUT2D eigenvalue weighted by Gasteiger charge is -2.15. The molecule has 1 atom stereocenters. The molecule has 0 bridgehead atoms. The highest BCUT2D eigenvalue weighted by Crippen LogP contribution is 2.27. The van der Waals surface area contributed by atoms with Gasteiger partial charge in [-0.05, 0) is 42.7 Å². The average molecular weight is 282 g/mol. The molecule has 0 radical (unpaired) electrons. The van der Waals surface area contributed by atoms with Crippen molar-refractivity contribution in [3.8, 4) is 0 Å². The van der Waals surface area contributed by atoms with Crippen molar-refractivity contribution in [1.29, 1.82) is 0 Å². The normalized spacial score (nSPS) is 12.5. The van der Waals surface area contributed by atoms with E-state index in [4.69, 9.17) is 17.3 Å². The summed E-state index contributed by atoms with van der Waals surface area (Å²) in [6, 6.07) is 6.95. The van der Waals surface area contributed by atoms with E-state index in [-0.39, 0.29) is 5.56 Å². The Labute approximate surface area is 116 Å². The number of aryl methyl sites for hydroxylation is 2. The molecule has 0 saturated carbocycles. The van der Waals surface area contributed by atoms with E-state index in [1.165, 1.54) is 6.07 Å². The first-order chi connectivity index (χ1) is 8.90. The molecule has 2 aromatic rings. The highest BCUT2D eigenvalue weighted by molar-refractivity contribution is 6.31. The molecule has 0 heterocycles. The average Bonchev–Trinajstić information content (AvgIpc) is 2.36. The van der Waals surface area contributed by atoms with Gasteiger partial charge in [0, 0.05) is 16.7 Å². The smallest absolute Gasteiger partial charge is 0.131 e. The Kier molecular flexibility index (Phi) is 3.88. The summed E-state index contributed by atoms with van der Waals surface area (Å²) in [4.78, 5) is 0. The van der Waals surface area contributed by atoms with Crippen molar-refractivity contribution >= 4 is 11.6 Å². The van der Waals surface area contributed by atoms with Crippen LogP contribution in [0.2, 0.25) is 5.02 Å². The summed E-state index contributed by atoms with van der Waals surface area (Å²) >= 11 is 6.03. The summed E-state index contributed by atoms with van der Waals surface area (Å²) in [5, 5.41) is 0.576. The molecular weight excluding hydrogens is 268 g/mol. The number of hydrogen-bond acceptors (Lipinski definition) is 1. The zero-order valence-corrected chi connectivity index (χ0v) is 11.4. The Hall–Kier alpha value is -1.45. The van der Waals surface area contributed by atoms with Crippen LogP contribution in [0.5, 0.6) is 0 Å². The molecule has 4 heteroatoms. The molecule has 0 aliphatic carbocycles. The zero-order valence-electron chi connectivity index (χ0n) is 10.7. The molecule has 0 aromatic heterocycles. The van der Waals surface area contributed by atoms with E-state index >= 15 is 0 Å². The van der Waals surface area contributed by atoms with Gasteiger partial charge < -0.3 is 5.73 Å². The first kappa shape index (κ1) is 14.0. The van der Waals surface area contributed by atoms with Crippen molar-refractivity contribution in [2.24, 2.45) is 5.73 Å². The maximum Gasteiger partial charge on any atom is 0.131 e. The van der Waals surface area contributed by atoms with Gasteiger partial charge in [0.1, 0.15) is 11.6 Å². The van der Waals surface area contributed by atoms with E-state index in [2.05, 4.69) is 0 Å². The van der Waals surface area contributed by atoms with Gasteiger partial charge >= 0.3 is 0 Å². The summed E-state index contributed by atoms with van der Waals surface area (Å²) in [6.07, 6.45) is 0. The van der Waals surface area contributed by atoms with Crippen LogP contribution in [0, 0.1) is 25.5 Å². The highest BCUT2D eigenvalue weighted by atomic mass is 35.5. The number of rotatable bonds is 2. The van der Waals surface area contributed by atoms with Crippen LogP contribution >= 0.6 is 11.6 Å². The molecule has 2 rings (SSSR count). The van der Waals surface area contributed by atoms with Gasteiger partial charge in [0.05, 0.1) is 6.04 Å². The fourth-order valence-corrected chi connectivity index (χ4v) is 2.09. The zero-order chi connectivity index (χ0) is 14.2. The Balaban J connectivity index is 2.46. The van der Waals surface area contributed by atoms with E-state index in [1.54, 1.807) is 19.1 Å². The van der Waals surface area contributed by atoms with Crippen molar-refractivity contribution in [2.45, 2.75) is 19.9 Å². The summed E-state index contributed by atoms with van der Waals surface area (Å²) in [7, 11) is 0. The molecule has 2 N–H and O–H groups in total. The summed E-state index contributed by atoms with van der Waals surface area (Å²) < 4.78 is 27.0. The maximum atomic E-state index is 13.8. The van der Waals surface area contributed by atoms with E-state index in [0.29, 0.717) is 16.1 Å². The van der Waals surface area contributed by atoms with Gasteiger partial charge in [-0.3, -0.25) is 0 Å². The van der Waals surface area contributed by atoms with E-state index in [1.807, 2.05) is 13.0 Å². The minimum Gasteiger partial charge on any atom is -0.320 e. The van der Waals surface area contributed by atoms with Crippen molar-refractivity contribution < 1.29 is 8.78 Å². The van der Waals surface area contributed by atoms with Gasteiger partial charge in [0.25, 0.3) is 0 Å². The molecule has 0 saturated heterocycles. The Morgan fingerprint density at radius 1 is 1.00 bits per heavy atom. The van der Waals surface area contributed by atoms with Crippen molar-refractivity contribution in [3.63, 3.8) is 0 Å². The van der Waals surface area contributed by atoms with Crippen molar-refractivity contribution in [3.05, 3.63) is 69.2 Å². The predicted octanol–water partition coefficient (Wildman–Crippen LogP) is 4.28. The minimum atomic E-state index is -0.669. The molecule has 0 amide bonds. The lowest BCUT2D eigenvalue weighted by Crippen LogP contribution is -2.14. The first-order valence-corrected chi connectivity index (χ1v) is 6.25. The van der Waals surface area contributed by atoms with Gasteiger partial charge in [-0.25, -0.2) is 8.78 Å². The molecule has 1 nitrogen and oxygen atoms in total. The Bertz CT molecular complexity index is 626. The molecule has 0 fully saturated rings. The summed E-state index contributed by atoms with van der Waals surface area (Å²) in [6.45, 7) is 3.45. The third-order valence-corrected chi connectivity index (χ3v) is 3.58. The van der Waals surface area contributed by atoms with Crippen LogP contribution in [0.1, 0.15) is 28.3 Å². The maximum absolute atomic E-state index is 13.8. The number of nitrogens with two attached hydrogens (primary N) is 1. The lowest BCUT2D eigenvalue weighted by atomic mass is 9.96. The van der Waals surface area contributed by atoms with E-state index in [0.717, 1.165) is 11.6 Å². The highest BCUT2D eigenvalue weighted by Gasteiger charge is 2.16. The second-order valence-electron chi connectivity index (χ2n) is 4.61. The second kappa shape index (κ2) is 5.27. The fraction of sp³-hybridized carbons (Fsp3) is 0.200. The third-order valence-electron chi connectivity index (χ3n) is 3.17. The summed E-state index contributed by atoms with van der Waals surface area (Å²) in [5.41, 5.74) is 8.28. The topological polar surface area (TPSA) is 26.0 Å².